The van der Waals surface area contributed by atoms with Crippen molar-refractivity contribution in [1.82, 2.24) is 24.5 Å². The molecule has 3 N–H and O–H groups in total. The van der Waals surface area contributed by atoms with Crippen molar-refractivity contribution >= 4 is 46.5 Å². The summed E-state index contributed by atoms with van der Waals surface area (Å²) < 4.78 is 6.24. The number of ether oxygens (including phenoxy) is 1. The van der Waals surface area contributed by atoms with Gasteiger partial charge in [-0.3, -0.25) is 5.32 Å². The molecule has 3 aromatic rings. The quantitative estimate of drug-likeness (QED) is 0.464. The number of halogens is 1. The van der Waals surface area contributed by atoms with E-state index in [2.05, 4.69) is 49.0 Å². The molecule has 1 amide bonds. The number of likely N-dealkylation sites (tertiary alicyclic amines) is 1. The number of amides is 1. The number of aromatic nitrogens is 4. The van der Waals surface area contributed by atoms with Crippen LogP contribution in [0.1, 0.15) is 42.9 Å². The van der Waals surface area contributed by atoms with Crippen molar-refractivity contribution < 1.29 is 9.53 Å². The van der Waals surface area contributed by atoms with Gasteiger partial charge in [-0.1, -0.05) is 11.6 Å². The van der Waals surface area contributed by atoms with Crippen molar-refractivity contribution in [2.45, 2.75) is 37.6 Å². The molecule has 11 nitrogen and oxygen atoms in total. The zero-order valence-electron chi connectivity index (χ0n) is 19.5. The highest BCUT2D eigenvalue weighted by Gasteiger charge is 2.26. The Kier molecular flexibility index (Phi) is 6.32. The van der Waals surface area contributed by atoms with Crippen LogP contribution in [0.4, 0.5) is 27.9 Å². The molecule has 1 saturated carbocycles. The number of benzene rings is 1. The monoisotopic (exact) mass is 495 g/mol. The molecule has 3 heterocycles. The van der Waals surface area contributed by atoms with Gasteiger partial charge >= 0.3 is 6.09 Å². The minimum atomic E-state index is -0.571. The van der Waals surface area contributed by atoms with Gasteiger partial charge in [0.2, 0.25) is 5.95 Å². The lowest BCUT2D eigenvalue weighted by Crippen LogP contribution is -2.29. The first-order valence-corrected chi connectivity index (χ1v) is 11.9. The standard InChI is InChI=1S/C23H26ClN9O2/c1-32-7-5-13(6-8-32)17-9-15(28-23(34)35-2)10-18(19(17)24)29-22-30-20(27-14-3-4-14)21-26-12-16(11-25)33(21)31-22/h9-10,12-14H,3-8H2,1-2H3,(H,28,34)(H2,27,29,30,31). The SMILES string of the molecule is COC(=O)Nc1cc(Nc2nc(NC3CC3)c3ncc(C#N)n3n2)c(Cl)c(C2CCN(C)CC2)c1. The molecule has 1 aliphatic heterocycles. The highest BCUT2D eigenvalue weighted by atomic mass is 35.5. The summed E-state index contributed by atoms with van der Waals surface area (Å²) in [6, 6.07) is 6.05. The minimum absolute atomic E-state index is 0.244. The molecule has 0 spiro atoms. The molecule has 35 heavy (non-hydrogen) atoms. The number of carbonyl (C=O) groups excluding carboxylic acids is 1. The van der Waals surface area contributed by atoms with Crippen molar-refractivity contribution in [3.63, 3.8) is 0 Å². The summed E-state index contributed by atoms with van der Waals surface area (Å²) in [6.45, 7) is 1.93. The second kappa shape index (κ2) is 9.56. The Morgan fingerprint density at radius 3 is 2.71 bits per heavy atom. The molecule has 1 aromatic carbocycles. The van der Waals surface area contributed by atoms with Crippen LogP contribution in [-0.2, 0) is 4.74 Å². The predicted molar refractivity (Wildman–Crippen MR) is 132 cm³/mol. The molecular weight excluding hydrogens is 470 g/mol. The molecule has 5 rings (SSSR count). The summed E-state index contributed by atoms with van der Waals surface area (Å²) >= 11 is 6.90. The van der Waals surface area contributed by atoms with E-state index in [1.165, 1.54) is 17.8 Å². The van der Waals surface area contributed by atoms with Gasteiger partial charge < -0.3 is 20.3 Å². The number of fused-ring (bicyclic) bond motifs is 1. The van der Waals surface area contributed by atoms with Gasteiger partial charge in [0.1, 0.15) is 6.07 Å². The summed E-state index contributed by atoms with van der Waals surface area (Å²) in [5.41, 5.74) is 2.82. The summed E-state index contributed by atoms with van der Waals surface area (Å²) in [7, 11) is 3.42. The summed E-state index contributed by atoms with van der Waals surface area (Å²) in [4.78, 5) is 23.2. The number of rotatable bonds is 6. The van der Waals surface area contributed by atoms with Crippen LogP contribution < -0.4 is 16.0 Å². The molecule has 0 radical (unpaired) electrons. The third-order valence-electron chi connectivity index (χ3n) is 6.33. The molecule has 12 heteroatoms. The van der Waals surface area contributed by atoms with Crippen LogP contribution in [0.5, 0.6) is 0 Å². The van der Waals surface area contributed by atoms with Crippen molar-refractivity contribution in [3.05, 3.63) is 34.6 Å². The molecule has 0 unspecified atom stereocenters. The number of nitrogens with zero attached hydrogens (tertiary/aromatic N) is 6. The number of hydrogen-bond acceptors (Lipinski definition) is 9. The minimum Gasteiger partial charge on any atom is -0.453 e. The van der Waals surface area contributed by atoms with Crippen LogP contribution in [0.25, 0.3) is 5.65 Å². The Balaban J connectivity index is 1.54. The van der Waals surface area contributed by atoms with Crippen LogP contribution >= 0.6 is 11.6 Å². The van der Waals surface area contributed by atoms with Crippen LogP contribution in [0.15, 0.2) is 18.3 Å². The van der Waals surface area contributed by atoms with E-state index in [1.807, 2.05) is 6.07 Å². The van der Waals surface area contributed by atoms with Gasteiger partial charge in [0.05, 0.1) is 24.0 Å². The number of nitriles is 1. The van der Waals surface area contributed by atoms with E-state index < -0.39 is 6.09 Å². The van der Waals surface area contributed by atoms with E-state index in [9.17, 15) is 10.1 Å². The first-order chi connectivity index (χ1) is 16.9. The molecule has 1 aliphatic carbocycles. The second-order valence-electron chi connectivity index (χ2n) is 8.94. The normalized spacial score (nSPS) is 16.6. The summed E-state index contributed by atoms with van der Waals surface area (Å²) in [5, 5.41) is 23.8. The van der Waals surface area contributed by atoms with Crippen LogP contribution in [-0.4, -0.2) is 63.9 Å². The number of methoxy groups -OCH3 is 1. The molecule has 2 aromatic heterocycles. The highest BCUT2D eigenvalue weighted by Crippen LogP contribution is 2.40. The van der Waals surface area contributed by atoms with Gasteiger partial charge in [-0.2, -0.15) is 14.8 Å². The average Bonchev–Trinajstić information content (AvgIpc) is 3.57. The summed E-state index contributed by atoms with van der Waals surface area (Å²) in [5.74, 6) is 1.04. The molecular formula is C23H26ClN9O2. The Hall–Kier alpha value is -3.62. The zero-order valence-corrected chi connectivity index (χ0v) is 20.3. The van der Waals surface area contributed by atoms with Crippen molar-refractivity contribution in [2.75, 3.05) is 43.2 Å². The maximum absolute atomic E-state index is 11.9. The predicted octanol–water partition coefficient (Wildman–Crippen LogP) is 3.95. The second-order valence-corrected chi connectivity index (χ2v) is 9.32. The van der Waals surface area contributed by atoms with Crippen LogP contribution in [0.2, 0.25) is 5.02 Å². The van der Waals surface area contributed by atoms with Crippen molar-refractivity contribution in [3.8, 4) is 6.07 Å². The average molecular weight is 496 g/mol. The topological polar surface area (TPSA) is 132 Å². The van der Waals surface area contributed by atoms with E-state index in [0.717, 1.165) is 44.3 Å². The number of anilines is 4. The van der Waals surface area contributed by atoms with E-state index in [-0.39, 0.29) is 11.9 Å². The fourth-order valence-corrected chi connectivity index (χ4v) is 4.56. The molecule has 2 aliphatic rings. The van der Waals surface area contributed by atoms with Gasteiger partial charge in [0.25, 0.3) is 0 Å². The zero-order chi connectivity index (χ0) is 24.5. The van der Waals surface area contributed by atoms with E-state index in [0.29, 0.717) is 39.6 Å². The number of hydrogen-bond donors (Lipinski definition) is 3. The number of imidazole rings is 1. The summed E-state index contributed by atoms with van der Waals surface area (Å²) in [6.07, 6.45) is 4.91. The number of nitrogens with one attached hydrogen (secondary N) is 3. The van der Waals surface area contributed by atoms with Gasteiger partial charge in [0, 0.05) is 11.7 Å². The maximum Gasteiger partial charge on any atom is 0.411 e. The molecule has 0 atom stereocenters. The maximum atomic E-state index is 11.9. The van der Waals surface area contributed by atoms with Gasteiger partial charge in [-0.05, 0) is 69.4 Å². The highest BCUT2D eigenvalue weighted by molar-refractivity contribution is 6.34. The fourth-order valence-electron chi connectivity index (χ4n) is 4.24. The Bertz CT molecular complexity index is 1310. The third-order valence-corrected chi connectivity index (χ3v) is 6.75. The smallest absolute Gasteiger partial charge is 0.411 e. The van der Waals surface area contributed by atoms with Gasteiger partial charge in [-0.15, -0.1) is 5.10 Å². The van der Waals surface area contributed by atoms with Crippen LogP contribution in [0, 0.1) is 11.3 Å². The van der Waals surface area contributed by atoms with E-state index in [4.69, 9.17) is 16.3 Å². The third kappa shape index (κ3) is 4.94. The van der Waals surface area contributed by atoms with Crippen molar-refractivity contribution in [1.29, 1.82) is 5.26 Å². The molecule has 182 valence electrons. The van der Waals surface area contributed by atoms with E-state index >= 15 is 0 Å². The lowest BCUT2D eigenvalue weighted by atomic mass is 9.89. The van der Waals surface area contributed by atoms with E-state index in [1.54, 1.807) is 6.07 Å². The van der Waals surface area contributed by atoms with Crippen molar-refractivity contribution in [2.24, 2.45) is 0 Å². The first kappa shape index (κ1) is 23.1. The number of piperidine rings is 1. The Labute approximate surface area is 207 Å². The lowest BCUT2D eigenvalue weighted by molar-refractivity contribution is 0.187. The van der Waals surface area contributed by atoms with Crippen LogP contribution in [0.3, 0.4) is 0 Å². The molecule has 2 fully saturated rings. The largest absolute Gasteiger partial charge is 0.453 e. The first-order valence-electron chi connectivity index (χ1n) is 11.5. The van der Waals surface area contributed by atoms with Gasteiger partial charge in [-0.25, -0.2) is 9.78 Å². The van der Waals surface area contributed by atoms with Gasteiger partial charge in [0.15, 0.2) is 17.2 Å². The Morgan fingerprint density at radius 2 is 2.03 bits per heavy atom. The lowest BCUT2D eigenvalue weighted by Gasteiger charge is -2.30. The molecule has 1 saturated heterocycles. The molecule has 0 bridgehead atoms. The fraction of sp³-hybridized carbons (Fsp3) is 0.435. The Morgan fingerprint density at radius 1 is 1.26 bits per heavy atom. The number of carbonyl (C=O) groups is 1.